The van der Waals surface area contributed by atoms with Crippen LogP contribution >= 0.6 is 0 Å². The minimum atomic E-state index is 0.514. The van der Waals surface area contributed by atoms with E-state index in [1.165, 1.54) is 34.0 Å². The minimum absolute atomic E-state index is 0.514. The lowest BCUT2D eigenvalue weighted by Crippen LogP contribution is -2.04. The zero-order valence-electron chi connectivity index (χ0n) is 16.7. The first kappa shape index (κ1) is 17.8. The van der Waals surface area contributed by atoms with Crippen molar-refractivity contribution in [1.29, 1.82) is 0 Å². The highest BCUT2D eigenvalue weighted by atomic mass is 15.1. The van der Waals surface area contributed by atoms with Crippen LogP contribution in [0.1, 0.15) is 51.4 Å². The first-order chi connectivity index (χ1) is 13.2. The third-order valence-electron chi connectivity index (χ3n) is 5.59. The highest BCUT2D eigenvalue weighted by Gasteiger charge is 2.41. The Morgan fingerprint density at radius 3 is 2.59 bits per heavy atom. The molecule has 2 unspecified atom stereocenters. The van der Waals surface area contributed by atoms with Gasteiger partial charge in [0, 0.05) is 17.8 Å². The Labute approximate surface area is 162 Å². The maximum absolute atomic E-state index is 4.72. The summed E-state index contributed by atoms with van der Waals surface area (Å²) in [6.45, 7) is 8.52. The predicted octanol–water partition coefficient (Wildman–Crippen LogP) is 6.76. The van der Waals surface area contributed by atoms with Gasteiger partial charge in [0.25, 0.3) is 0 Å². The van der Waals surface area contributed by atoms with Crippen LogP contribution in [0.25, 0.3) is 22.0 Å². The average Bonchev–Trinajstić information content (AvgIpc) is 3.36. The van der Waals surface area contributed by atoms with Gasteiger partial charge in [0.05, 0.1) is 5.69 Å². The normalized spacial score (nSPS) is 20.1. The summed E-state index contributed by atoms with van der Waals surface area (Å²) >= 11 is 0. The lowest BCUT2D eigenvalue weighted by molar-refractivity contribution is 0.875. The molecule has 0 amide bonds. The van der Waals surface area contributed by atoms with E-state index in [2.05, 4.69) is 79.2 Å². The Bertz CT molecular complexity index is 1020. The van der Waals surface area contributed by atoms with Crippen molar-refractivity contribution in [2.45, 2.75) is 40.0 Å². The molecule has 2 aliphatic carbocycles. The van der Waals surface area contributed by atoms with Crippen molar-refractivity contribution in [1.82, 2.24) is 9.55 Å². The number of hydrogen-bond acceptors (Lipinski definition) is 1. The maximum Gasteiger partial charge on any atom is 0.140 e. The minimum Gasteiger partial charge on any atom is -0.299 e. The summed E-state index contributed by atoms with van der Waals surface area (Å²) in [5.41, 5.74) is 4.01. The molecule has 2 nitrogen and oxygen atoms in total. The zero-order chi connectivity index (χ0) is 19.0. The van der Waals surface area contributed by atoms with E-state index in [0.717, 1.165) is 11.7 Å². The Morgan fingerprint density at radius 1 is 1.04 bits per heavy atom. The molecule has 27 heavy (non-hydrogen) atoms. The van der Waals surface area contributed by atoms with Gasteiger partial charge in [0.2, 0.25) is 0 Å². The summed E-state index contributed by atoms with van der Waals surface area (Å²) in [6.07, 6.45) is 12.1. The van der Waals surface area contributed by atoms with Crippen LogP contribution in [0, 0.1) is 11.8 Å². The van der Waals surface area contributed by atoms with Gasteiger partial charge in [0.15, 0.2) is 0 Å². The van der Waals surface area contributed by atoms with Gasteiger partial charge in [-0.15, -0.1) is 0 Å². The van der Waals surface area contributed by atoms with Crippen LogP contribution in [-0.4, -0.2) is 9.55 Å². The van der Waals surface area contributed by atoms with Gasteiger partial charge in [-0.1, -0.05) is 76.3 Å². The van der Waals surface area contributed by atoms with E-state index in [1.54, 1.807) is 0 Å². The van der Waals surface area contributed by atoms with Gasteiger partial charge in [-0.2, -0.15) is 0 Å². The smallest absolute Gasteiger partial charge is 0.140 e. The van der Waals surface area contributed by atoms with Crippen LogP contribution in [0.4, 0.5) is 0 Å². The van der Waals surface area contributed by atoms with Gasteiger partial charge in [-0.25, -0.2) is 4.98 Å². The van der Waals surface area contributed by atoms with Crippen LogP contribution < -0.4 is 0 Å². The fourth-order valence-electron chi connectivity index (χ4n) is 4.18. The Balaban J connectivity index is 0.000000872. The van der Waals surface area contributed by atoms with Crippen molar-refractivity contribution >= 4 is 16.3 Å². The second-order valence-electron chi connectivity index (χ2n) is 7.51. The molecule has 3 aromatic rings. The van der Waals surface area contributed by atoms with E-state index in [1.807, 2.05) is 20.0 Å². The fraction of sp³-hybridized carbons (Fsp3) is 0.320. The number of benzene rings is 2. The van der Waals surface area contributed by atoms with Gasteiger partial charge in [-0.05, 0) is 46.8 Å². The monoisotopic (exact) mass is 356 g/mol. The van der Waals surface area contributed by atoms with E-state index < -0.39 is 0 Å². The summed E-state index contributed by atoms with van der Waals surface area (Å²) in [6, 6.07) is 13.3. The van der Waals surface area contributed by atoms with Gasteiger partial charge in [-0.3, -0.25) is 4.57 Å². The number of imidazole rings is 1. The van der Waals surface area contributed by atoms with Crippen molar-refractivity contribution in [2.75, 3.05) is 0 Å². The predicted molar refractivity (Wildman–Crippen MR) is 115 cm³/mol. The van der Waals surface area contributed by atoms with Crippen LogP contribution in [0.3, 0.4) is 0 Å². The molecule has 0 radical (unpaired) electrons. The van der Waals surface area contributed by atoms with Gasteiger partial charge < -0.3 is 0 Å². The molecule has 0 aliphatic heterocycles. The molecule has 2 heteroatoms. The highest BCUT2D eigenvalue weighted by molar-refractivity contribution is 5.93. The molecule has 5 rings (SSSR count). The Morgan fingerprint density at radius 2 is 1.81 bits per heavy atom. The molecule has 2 atom stereocenters. The summed E-state index contributed by atoms with van der Waals surface area (Å²) in [5.74, 6) is 3.00. The number of aromatic nitrogens is 2. The molecule has 138 valence electrons. The summed E-state index contributed by atoms with van der Waals surface area (Å²) in [5, 5.41) is 2.64. The van der Waals surface area contributed by atoms with Crippen molar-refractivity contribution in [3.63, 3.8) is 0 Å². The van der Waals surface area contributed by atoms with E-state index >= 15 is 0 Å². The second-order valence-corrected chi connectivity index (χ2v) is 7.51. The zero-order valence-corrected chi connectivity index (χ0v) is 16.7. The van der Waals surface area contributed by atoms with Crippen molar-refractivity contribution in [3.05, 3.63) is 78.4 Å². The highest BCUT2D eigenvalue weighted by Crippen LogP contribution is 2.51. The number of hydrogen-bond donors (Lipinski definition) is 0. The molecule has 0 saturated heterocycles. The van der Waals surface area contributed by atoms with Crippen LogP contribution in [0.5, 0.6) is 0 Å². The van der Waals surface area contributed by atoms with Crippen LogP contribution in [0.15, 0.2) is 67.0 Å². The lowest BCUT2D eigenvalue weighted by Gasteiger charge is -2.17. The molecule has 1 saturated carbocycles. The first-order valence-electron chi connectivity index (χ1n) is 10.2. The summed E-state index contributed by atoms with van der Waals surface area (Å²) in [7, 11) is 0. The average molecular weight is 357 g/mol. The van der Waals surface area contributed by atoms with Crippen molar-refractivity contribution in [3.8, 4) is 5.69 Å². The molecular formula is C25H28N2. The molecule has 0 N–H and O–H groups in total. The summed E-state index contributed by atoms with van der Waals surface area (Å²) < 4.78 is 2.27. The first-order valence-corrected chi connectivity index (χ1v) is 10.2. The topological polar surface area (TPSA) is 17.8 Å². The molecule has 1 aromatic heterocycles. The SMILES string of the molecule is CC.CC(C)c1ccc(-n2ccnc2C2=CC=CC3CC23)c2ccccc12. The molecule has 2 aromatic carbocycles. The van der Waals surface area contributed by atoms with Crippen LogP contribution in [-0.2, 0) is 0 Å². The quantitative estimate of drug-likeness (QED) is 0.506. The standard InChI is InChI=1S/C23H22N2.C2H6/c1-15(2)17-10-11-22(19-8-4-3-7-18(17)19)25-13-12-24-23(25)20-9-5-6-16-14-21(16)20;1-2/h3-13,15-16,21H,14H2,1-2H3;1-2H3. The number of rotatable bonds is 3. The molecule has 0 bridgehead atoms. The molecule has 2 aliphatic rings. The van der Waals surface area contributed by atoms with E-state index in [0.29, 0.717) is 11.8 Å². The number of allylic oxidation sites excluding steroid dienone is 4. The molecule has 0 spiro atoms. The Hall–Kier alpha value is -2.61. The van der Waals surface area contributed by atoms with Crippen molar-refractivity contribution in [2.24, 2.45) is 11.8 Å². The largest absolute Gasteiger partial charge is 0.299 e. The third-order valence-corrected chi connectivity index (χ3v) is 5.59. The third kappa shape index (κ3) is 3.03. The lowest BCUT2D eigenvalue weighted by atomic mass is 9.95. The number of fused-ring (bicyclic) bond motifs is 2. The van der Waals surface area contributed by atoms with Crippen molar-refractivity contribution < 1.29 is 0 Å². The summed E-state index contributed by atoms with van der Waals surface area (Å²) in [4.78, 5) is 4.72. The maximum atomic E-state index is 4.72. The molecular weight excluding hydrogens is 328 g/mol. The second kappa shape index (κ2) is 7.19. The number of nitrogens with zero attached hydrogens (tertiary/aromatic N) is 2. The van der Waals surface area contributed by atoms with Gasteiger partial charge >= 0.3 is 0 Å². The van der Waals surface area contributed by atoms with E-state index in [9.17, 15) is 0 Å². The van der Waals surface area contributed by atoms with Gasteiger partial charge in [0.1, 0.15) is 5.82 Å². The van der Waals surface area contributed by atoms with E-state index in [-0.39, 0.29) is 0 Å². The fourth-order valence-corrected chi connectivity index (χ4v) is 4.18. The van der Waals surface area contributed by atoms with E-state index in [4.69, 9.17) is 4.98 Å². The molecule has 1 heterocycles. The van der Waals surface area contributed by atoms with Crippen LogP contribution in [0.2, 0.25) is 0 Å². The Kier molecular flexibility index (Phi) is 4.73. The molecule has 1 fully saturated rings.